The molecule has 0 spiro atoms. The van der Waals surface area contributed by atoms with Gasteiger partial charge in [-0.2, -0.15) is 0 Å². The summed E-state index contributed by atoms with van der Waals surface area (Å²) in [7, 11) is 0. The number of hydrogen-bond acceptors (Lipinski definition) is 2. The summed E-state index contributed by atoms with van der Waals surface area (Å²) in [5.74, 6) is -0.0583. The van der Waals surface area contributed by atoms with Crippen molar-refractivity contribution in [3.8, 4) is 0 Å². The third-order valence-corrected chi connectivity index (χ3v) is 2.73. The Morgan fingerprint density at radius 3 is 2.88 bits per heavy atom. The van der Waals surface area contributed by atoms with Crippen molar-refractivity contribution in [2.24, 2.45) is 0 Å². The Labute approximate surface area is 98.4 Å². The largest absolute Gasteiger partial charge is 0.458 e. The highest BCUT2D eigenvalue weighted by Gasteiger charge is 2.10. The van der Waals surface area contributed by atoms with E-state index in [1.54, 1.807) is 0 Å². The maximum absolute atomic E-state index is 11.5. The normalized spacial score (nSPS) is 26.8. The second-order valence-electron chi connectivity index (χ2n) is 4.21. The van der Waals surface area contributed by atoms with Crippen LogP contribution in [-0.4, -0.2) is 12.1 Å². The van der Waals surface area contributed by atoms with Gasteiger partial charge in [0.15, 0.2) is 0 Å². The summed E-state index contributed by atoms with van der Waals surface area (Å²) in [4.78, 5) is 11.5. The van der Waals surface area contributed by atoms with Crippen LogP contribution in [0.2, 0.25) is 0 Å². The fraction of sp³-hybridized carbons (Fsp3) is 0.643. The molecule has 0 radical (unpaired) electrons. The second-order valence-corrected chi connectivity index (χ2v) is 4.21. The number of hydrogen-bond donors (Lipinski definition) is 0. The van der Waals surface area contributed by atoms with Crippen molar-refractivity contribution >= 4 is 5.97 Å². The van der Waals surface area contributed by atoms with Gasteiger partial charge in [-0.25, -0.2) is 0 Å². The number of cyclic esters (lactones) is 1. The Hall–Kier alpha value is -1.05. The van der Waals surface area contributed by atoms with Gasteiger partial charge in [0.05, 0.1) is 0 Å². The topological polar surface area (TPSA) is 26.3 Å². The van der Waals surface area contributed by atoms with Crippen molar-refractivity contribution in [2.45, 2.75) is 58.0 Å². The molecule has 0 N–H and O–H groups in total. The van der Waals surface area contributed by atoms with Gasteiger partial charge in [0.25, 0.3) is 0 Å². The van der Waals surface area contributed by atoms with Crippen LogP contribution in [0.4, 0.5) is 0 Å². The molecule has 1 unspecified atom stereocenters. The van der Waals surface area contributed by atoms with Crippen molar-refractivity contribution in [3.05, 3.63) is 24.3 Å². The number of rotatable bonds is 1. The van der Waals surface area contributed by atoms with Crippen molar-refractivity contribution in [1.82, 2.24) is 0 Å². The Morgan fingerprint density at radius 2 is 2.06 bits per heavy atom. The van der Waals surface area contributed by atoms with Gasteiger partial charge in [-0.05, 0) is 32.3 Å². The van der Waals surface area contributed by atoms with Gasteiger partial charge in [0.2, 0.25) is 0 Å². The molecule has 0 aromatic heterocycles. The number of esters is 1. The molecule has 1 aliphatic heterocycles. The van der Waals surface area contributed by atoms with Crippen molar-refractivity contribution in [3.63, 3.8) is 0 Å². The lowest BCUT2D eigenvalue weighted by atomic mass is 10.1. The smallest absolute Gasteiger partial charge is 0.306 e. The zero-order chi connectivity index (χ0) is 11.6. The summed E-state index contributed by atoms with van der Waals surface area (Å²) in [6.45, 7) is 1.95. The SMILES string of the molecule is CC=CC1C/C=C\CCCCCCC(=O)O1. The van der Waals surface area contributed by atoms with E-state index in [9.17, 15) is 4.79 Å². The first-order valence-electron chi connectivity index (χ1n) is 6.30. The molecule has 0 aromatic carbocycles. The molecule has 2 heteroatoms. The predicted molar refractivity (Wildman–Crippen MR) is 66.2 cm³/mol. The van der Waals surface area contributed by atoms with E-state index in [0.29, 0.717) is 6.42 Å². The highest BCUT2D eigenvalue weighted by atomic mass is 16.5. The van der Waals surface area contributed by atoms with Crippen molar-refractivity contribution < 1.29 is 9.53 Å². The predicted octanol–water partition coefficient (Wildman–Crippen LogP) is 3.77. The molecule has 0 bridgehead atoms. The van der Waals surface area contributed by atoms with Gasteiger partial charge in [-0.15, -0.1) is 0 Å². The van der Waals surface area contributed by atoms with Crippen LogP contribution >= 0.6 is 0 Å². The molecule has 0 aromatic rings. The number of allylic oxidation sites excluding steroid dienone is 2. The van der Waals surface area contributed by atoms with E-state index in [0.717, 1.165) is 25.7 Å². The average Bonchev–Trinajstić information content (AvgIpc) is 2.25. The van der Waals surface area contributed by atoms with E-state index in [1.807, 2.05) is 19.1 Å². The standard InChI is InChI=1S/C14H22O2/c1-2-10-13-11-8-6-4-3-5-7-9-12-14(15)16-13/h2,6,8,10,13H,3-5,7,9,11-12H2,1H3/b8-6-,10-2?. The summed E-state index contributed by atoms with van der Waals surface area (Å²) < 4.78 is 5.39. The van der Waals surface area contributed by atoms with Crippen molar-refractivity contribution in [1.29, 1.82) is 0 Å². The molecule has 1 heterocycles. The molecular weight excluding hydrogens is 200 g/mol. The van der Waals surface area contributed by atoms with Crippen LogP contribution in [0.3, 0.4) is 0 Å². The van der Waals surface area contributed by atoms with E-state index in [4.69, 9.17) is 4.74 Å². The lowest BCUT2D eigenvalue weighted by molar-refractivity contribution is -0.146. The van der Waals surface area contributed by atoms with Crippen LogP contribution in [-0.2, 0) is 9.53 Å². The minimum absolute atomic E-state index is 0.0583. The molecule has 0 fully saturated rings. The molecule has 0 saturated heterocycles. The fourth-order valence-corrected chi connectivity index (χ4v) is 1.84. The molecule has 1 rings (SSSR count). The van der Waals surface area contributed by atoms with Crippen LogP contribution in [0.5, 0.6) is 0 Å². The third-order valence-electron chi connectivity index (χ3n) is 2.73. The molecule has 2 nitrogen and oxygen atoms in total. The molecule has 0 aliphatic carbocycles. The molecular formula is C14H22O2. The Morgan fingerprint density at radius 1 is 1.25 bits per heavy atom. The molecule has 1 aliphatic rings. The Balaban J connectivity index is 2.51. The first-order chi connectivity index (χ1) is 7.83. The van der Waals surface area contributed by atoms with Gasteiger partial charge < -0.3 is 4.74 Å². The molecule has 16 heavy (non-hydrogen) atoms. The lowest BCUT2D eigenvalue weighted by Crippen LogP contribution is -2.15. The van der Waals surface area contributed by atoms with Gasteiger partial charge in [-0.1, -0.05) is 31.1 Å². The number of ether oxygens (including phenoxy) is 1. The van der Waals surface area contributed by atoms with E-state index in [1.165, 1.54) is 12.8 Å². The lowest BCUT2D eigenvalue weighted by Gasteiger charge is -2.13. The summed E-state index contributed by atoms with van der Waals surface area (Å²) >= 11 is 0. The van der Waals surface area contributed by atoms with Gasteiger partial charge in [0, 0.05) is 12.8 Å². The monoisotopic (exact) mass is 222 g/mol. The zero-order valence-corrected chi connectivity index (χ0v) is 10.2. The minimum atomic E-state index is -0.0758. The Kier molecular flexibility index (Phi) is 6.62. The van der Waals surface area contributed by atoms with Crippen LogP contribution < -0.4 is 0 Å². The maximum atomic E-state index is 11.5. The van der Waals surface area contributed by atoms with Crippen molar-refractivity contribution in [2.75, 3.05) is 0 Å². The fourth-order valence-electron chi connectivity index (χ4n) is 1.84. The summed E-state index contributed by atoms with van der Waals surface area (Å²) in [6, 6.07) is 0. The summed E-state index contributed by atoms with van der Waals surface area (Å²) in [6.07, 6.45) is 15.2. The van der Waals surface area contributed by atoms with Gasteiger partial charge in [-0.3, -0.25) is 4.79 Å². The average molecular weight is 222 g/mol. The van der Waals surface area contributed by atoms with Gasteiger partial charge in [0.1, 0.15) is 6.10 Å². The van der Waals surface area contributed by atoms with E-state index < -0.39 is 0 Å². The zero-order valence-electron chi connectivity index (χ0n) is 10.2. The van der Waals surface area contributed by atoms with Gasteiger partial charge >= 0.3 is 5.97 Å². The van der Waals surface area contributed by atoms with Crippen LogP contribution in [0.1, 0.15) is 51.9 Å². The van der Waals surface area contributed by atoms with Crippen LogP contribution in [0.15, 0.2) is 24.3 Å². The molecule has 90 valence electrons. The second kappa shape index (κ2) is 8.14. The van der Waals surface area contributed by atoms with Crippen LogP contribution in [0.25, 0.3) is 0 Å². The first-order valence-corrected chi connectivity index (χ1v) is 6.30. The first kappa shape index (κ1) is 13.0. The van der Waals surface area contributed by atoms with E-state index in [2.05, 4.69) is 12.2 Å². The Bertz CT molecular complexity index is 253. The quantitative estimate of drug-likeness (QED) is 0.498. The molecule has 1 atom stereocenters. The van der Waals surface area contributed by atoms with Crippen LogP contribution in [0, 0.1) is 0 Å². The minimum Gasteiger partial charge on any atom is -0.458 e. The highest BCUT2D eigenvalue weighted by molar-refractivity contribution is 5.69. The third kappa shape index (κ3) is 5.74. The van der Waals surface area contributed by atoms with E-state index in [-0.39, 0.29) is 12.1 Å². The molecule has 0 amide bonds. The summed E-state index contributed by atoms with van der Waals surface area (Å²) in [5.41, 5.74) is 0. The number of carbonyl (C=O) groups is 1. The van der Waals surface area contributed by atoms with E-state index >= 15 is 0 Å². The summed E-state index contributed by atoms with van der Waals surface area (Å²) in [5, 5.41) is 0. The maximum Gasteiger partial charge on any atom is 0.306 e. The highest BCUT2D eigenvalue weighted by Crippen LogP contribution is 2.11. The number of carbonyl (C=O) groups excluding carboxylic acids is 1. The molecule has 0 saturated carbocycles.